The topological polar surface area (TPSA) is 69.7 Å². The number of carboxylic acids is 1. The molecule has 2 aromatic carbocycles. The number of nitrogens with zero attached hydrogens (tertiary/aromatic N) is 1. The van der Waals surface area contributed by atoms with Crippen molar-refractivity contribution >= 4 is 23.5 Å². The highest BCUT2D eigenvalue weighted by molar-refractivity contribution is 6.06. The molecule has 1 heterocycles. The van der Waals surface area contributed by atoms with E-state index in [1.165, 1.54) is 31.0 Å². The van der Waals surface area contributed by atoms with Gasteiger partial charge in [-0.3, -0.25) is 4.79 Å². The summed E-state index contributed by atoms with van der Waals surface area (Å²) in [7, 11) is 0. The molecule has 0 unspecified atom stereocenters. The molecule has 0 amide bonds. The minimum atomic E-state index is -1.29. The third-order valence-electron chi connectivity index (χ3n) is 4.54. The maximum atomic E-state index is 12.3. The second-order valence-electron chi connectivity index (χ2n) is 6.52. The minimum absolute atomic E-state index is 0.124. The average Bonchev–Trinajstić information content (AvgIpc) is 2.72. The quantitative estimate of drug-likeness (QED) is 0.558. The number of carbonyl (C=O) groups is 2. The van der Waals surface area contributed by atoms with Crippen molar-refractivity contribution in [3.05, 3.63) is 65.7 Å². The van der Waals surface area contributed by atoms with E-state index < -0.39 is 12.6 Å². The molecule has 5 nitrogen and oxygen atoms in total. The lowest BCUT2D eigenvalue weighted by Gasteiger charge is -2.28. The van der Waals surface area contributed by atoms with Crippen molar-refractivity contribution in [1.29, 1.82) is 0 Å². The fourth-order valence-electron chi connectivity index (χ4n) is 3.07. The summed E-state index contributed by atoms with van der Waals surface area (Å²) >= 11 is 0. The van der Waals surface area contributed by atoms with E-state index in [0.717, 1.165) is 18.7 Å². The van der Waals surface area contributed by atoms with E-state index in [1.807, 2.05) is 12.1 Å². The molecule has 3 rings (SSSR count). The molecule has 1 saturated heterocycles. The van der Waals surface area contributed by atoms with Gasteiger partial charge in [0.2, 0.25) is 0 Å². The fourth-order valence-corrected chi connectivity index (χ4v) is 3.07. The van der Waals surface area contributed by atoms with Crippen LogP contribution >= 0.6 is 0 Å². The van der Waals surface area contributed by atoms with E-state index >= 15 is 0 Å². The van der Waals surface area contributed by atoms with Crippen LogP contribution in [0.2, 0.25) is 0 Å². The molecule has 1 aliphatic heterocycles. The molecular formula is C22H22NO4-. The third-order valence-corrected chi connectivity index (χ3v) is 4.54. The van der Waals surface area contributed by atoms with Crippen LogP contribution in [0.5, 0.6) is 5.75 Å². The van der Waals surface area contributed by atoms with Crippen LogP contribution in [0.15, 0.2) is 54.6 Å². The Balaban J connectivity index is 1.58. The third kappa shape index (κ3) is 5.45. The van der Waals surface area contributed by atoms with Gasteiger partial charge in [0.15, 0.2) is 5.78 Å². The number of benzene rings is 2. The Morgan fingerprint density at radius 2 is 1.63 bits per heavy atom. The Morgan fingerprint density at radius 1 is 0.963 bits per heavy atom. The molecule has 0 atom stereocenters. The number of rotatable bonds is 7. The van der Waals surface area contributed by atoms with Crippen LogP contribution in [0.1, 0.15) is 35.2 Å². The van der Waals surface area contributed by atoms with Crippen molar-refractivity contribution in [3.8, 4) is 5.75 Å². The van der Waals surface area contributed by atoms with Crippen LogP contribution in [0.3, 0.4) is 0 Å². The number of allylic oxidation sites excluding steroid dienone is 1. The van der Waals surface area contributed by atoms with Crippen molar-refractivity contribution < 1.29 is 19.4 Å². The highest BCUT2D eigenvalue weighted by atomic mass is 16.5. The monoisotopic (exact) mass is 364 g/mol. The van der Waals surface area contributed by atoms with Crippen LogP contribution < -0.4 is 14.7 Å². The fraction of sp³-hybridized carbons (Fsp3) is 0.273. The molecule has 0 N–H and O–H groups in total. The molecule has 27 heavy (non-hydrogen) atoms. The summed E-state index contributed by atoms with van der Waals surface area (Å²) in [5.41, 5.74) is 2.71. The molecule has 0 aromatic heterocycles. The molecule has 2 aromatic rings. The van der Waals surface area contributed by atoms with Gasteiger partial charge < -0.3 is 19.5 Å². The predicted octanol–water partition coefficient (Wildman–Crippen LogP) is 2.70. The lowest BCUT2D eigenvalue weighted by molar-refractivity contribution is -0.307. The van der Waals surface area contributed by atoms with E-state index in [1.54, 1.807) is 30.3 Å². The van der Waals surface area contributed by atoms with Crippen molar-refractivity contribution in [3.63, 3.8) is 0 Å². The van der Waals surface area contributed by atoms with Crippen LogP contribution in [0, 0.1) is 0 Å². The van der Waals surface area contributed by atoms with E-state index in [-0.39, 0.29) is 5.78 Å². The number of carboxylic acid groups (broad SMARTS) is 1. The largest absolute Gasteiger partial charge is 0.546 e. The van der Waals surface area contributed by atoms with E-state index in [9.17, 15) is 14.7 Å². The van der Waals surface area contributed by atoms with Gasteiger partial charge in [-0.1, -0.05) is 18.2 Å². The standard InChI is InChI=1S/C22H23NO4/c24-21(18-7-11-20(12-8-18)27-16-22(25)26)13-6-17-4-9-19(10-5-17)23-14-2-1-3-15-23/h4-13H,1-3,14-16H2,(H,25,26)/p-1/b13-6+. The lowest BCUT2D eigenvalue weighted by atomic mass is 10.1. The van der Waals surface area contributed by atoms with Crippen LogP contribution in [0.25, 0.3) is 6.08 Å². The molecule has 5 heteroatoms. The first kappa shape index (κ1) is 18.7. The number of carbonyl (C=O) groups excluding carboxylic acids is 2. The average molecular weight is 364 g/mol. The van der Waals surface area contributed by atoms with E-state index in [2.05, 4.69) is 17.0 Å². The molecule has 140 valence electrons. The number of hydrogen-bond acceptors (Lipinski definition) is 5. The number of ether oxygens (including phenoxy) is 1. The first-order valence-electron chi connectivity index (χ1n) is 9.12. The van der Waals surface area contributed by atoms with Gasteiger partial charge in [0.05, 0.1) is 5.97 Å². The number of hydrogen-bond donors (Lipinski definition) is 0. The summed E-state index contributed by atoms with van der Waals surface area (Å²) in [4.78, 5) is 25.0. The van der Waals surface area contributed by atoms with Gasteiger partial charge in [0.1, 0.15) is 12.4 Å². The van der Waals surface area contributed by atoms with Gasteiger partial charge in [-0.05, 0) is 67.3 Å². The Kier molecular flexibility index (Phi) is 6.26. The van der Waals surface area contributed by atoms with Gasteiger partial charge in [0.25, 0.3) is 0 Å². The summed E-state index contributed by atoms with van der Waals surface area (Å²) in [6.07, 6.45) is 7.12. The minimum Gasteiger partial charge on any atom is -0.546 e. The van der Waals surface area contributed by atoms with E-state index in [4.69, 9.17) is 4.74 Å². The predicted molar refractivity (Wildman–Crippen MR) is 103 cm³/mol. The first-order valence-corrected chi connectivity index (χ1v) is 9.12. The second-order valence-corrected chi connectivity index (χ2v) is 6.52. The number of ketones is 1. The number of piperidine rings is 1. The van der Waals surface area contributed by atoms with Crippen molar-refractivity contribution in [1.82, 2.24) is 0 Å². The Morgan fingerprint density at radius 3 is 2.26 bits per heavy atom. The number of aliphatic carboxylic acids is 1. The molecular weight excluding hydrogens is 342 g/mol. The number of anilines is 1. The SMILES string of the molecule is O=C([O-])COc1ccc(C(=O)/C=C/c2ccc(N3CCCCC3)cc2)cc1. The van der Waals surface area contributed by atoms with Gasteiger partial charge in [0, 0.05) is 24.3 Å². The highest BCUT2D eigenvalue weighted by Gasteiger charge is 2.10. The zero-order valence-corrected chi connectivity index (χ0v) is 15.1. The zero-order valence-electron chi connectivity index (χ0n) is 15.1. The molecule has 0 radical (unpaired) electrons. The second kappa shape index (κ2) is 9.03. The van der Waals surface area contributed by atoms with Crippen LogP contribution in [-0.2, 0) is 4.79 Å². The van der Waals surface area contributed by atoms with Gasteiger partial charge >= 0.3 is 0 Å². The van der Waals surface area contributed by atoms with Crippen LogP contribution in [-0.4, -0.2) is 31.4 Å². The molecule has 1 aliphatic rings. The maximum absolute atomic E-state index is 12.3. The molecule has 0 bridgehead atoms. The highest BCUT2D eigenvalue weighted by Crippen LogP contribution is 2.21. The normalized spacial score (nSPS) is 14.3. The van der Waals surface area contributed by atoms with E-state index in [0.29, 0.717) is 11.3 Å². The molecule has 0 spiro atoms. The lowest BCUT2D eigenvalue weighted by Crippen LogP contribution is -2.29. The molecule has 0 saturated carbocycles. The first-order chi connectivity index (χ1) is 13.1. The summed E-state index contributed by atoms with van der Waals surface area (Å²) in [6.45, 7) is 1.70. The van der Waals surface area contributed by atoms with Crippen molar-refractivity contribution in [2.24, 2.45) is 0 Å². The Labute approximate surface area is 158 Å². The zero-order chi connectivity index (χ0) is 19.1. The molecule has 0 aliphatic carbocycles. The van der Waals surface area contributed by atoms with Crippen molar-refractivity contribution in [2.45, 2.75) is 19.3 Å². The molecule has 1 fully saturated rings. The summed E-state index contributed by atoms with van der Waals surface area (Å²) < 4.78 is 5.00. The van der Waals surface area contributed by atoms with Crippen LogP contribution in [0.4, 0.5) is 5.69 Å². The summed E-state index contributed by atoms with van der Waals surface area (Å²) in [5, 5.41) is 10.4. The van der Waals surface area contributed by atoms with Gasteiger partial charge in [-0.2, -0.15) is 0 Å². The summed E-state index contributed by atoms with van der Waals surface area (Å²) in [6, 6.07) is 14.6. The van der Waals surface area contributed by atoms with Crippen molar-refractivity contribution in [2.75, 3.05) is 24.6 Å². The van der Waals surface area contributed by atoms with Gasteiger partial charge in [-0.15, -0.1) is 0 Å². The smallest absolute Gasteiger partial charge is 0.185 e. The Hall–Kier alpha value is -3.08. The maximum Gasteiger partial charge on any atom is 0.185 e. The summed E-state index contributed by atoms with van der Waals surface area (Å²) in [5.74, 6) is -1.03. The Bertz CT molecular complexity index is 803. The van der Waals surface area contributed by atoms with Gasteiger partial charge in [-0.25, -0.2) is 0 Å².